The van der Waals surface area contributed by atoms with E-state index in [2.05, 4.69) is 10.2 Å². The van der Waals surface area contributed by atoms with Gasteiger partial charge in [-0.2, -0.15) is 0 Å². The number of carbonyl (C=O) groups excluding carboxylic acids is 1. The first kappa shape index (κ1) is 16.0. The first-order chi connectivity index (χ1) is 10.2. The number of aromatic nitrogens is 2. The molecule has 0 bridgehead atoms. The van der Waals surface area contributed by atoms with Crippen molar-refractivity contribution in [2.45, 2.75) is 26.2 Å². The van der Waals surface area contributed by atoms with Gasteiger partial charge in [-0.25, -0.2) is 0 Å². The molecule has 7 heteroatoms. The number of ether oxygens (including phenoxy) is 1. The minimum atomic E-state index is -1.69. The predicted molar refractivity (Wildman–Crippen MR) is 79.4 cm³/mol. The van der Waals surface area contributed by atoms with E-state index < -0.39 is 28.0 Å². The van der Waals surface area contributed by atoms with Crippen LogP contribution in [0.2, 0.25) is 5.15 Å². The fraction of sp³-hybridized carbons (Fsp3) is 0.267. The number of aromatic carboxylic acids is 1. The average molecular weight is 322 g/mol. The van der Waals surface area contributed by atoms with Crippen molar-refractivity contribution in [1.82, 2.24) is 10.2 Å². The molecule has 0 aliphatic carbocycles. The Balaban J connectivity index is 2.52. The largest absolute Gasteiger partial charge is 0.545 e. The number of benzene rings is 1. The molecule has 0 fully saturated rings. The fourth-order valence-corrected chi connectivity index (χ4v) is 2.15. The van der Waals surface area contributed by atoms with Crippen LogP contribution in [0.3, 0.4) is 0 Å². The predicted octanol–water partition coefficient (Wildman–Crippen LogP) is 1.88. The Kier molecular flexibility index (Phi) is 4.23. The van der Waals surface area contributed by atoms with Crippen molar-refractivity contribution in [3.8, 4) is 11.6 Å². The maximum Gasteiger partial charge on any atom is 0.285 e. The molecular weight excluding hydrogens is 308 g/mol. The van der Waals surface area contributed by atoms with Crippen LogP contribution in [0.5, 0.6) is 11.6 Å². The molecule has 116 valence electrons. The molecule has 0 aliphatic heterocycles. The maximum absolute atomic E-state index is 12.1. The fourth-order valence-electron chi connectivity index (χ4n) is 1.94. The topological polar surface area (TPSA) is 95.1 Å². The highest BCUT2D eigenvalue weighted by atomic mass is 35.5. The molecule has 0 saturated heterocycles. The number of hydrogen-bond donors (Lipinski definition) is 1. The molecule has 1 aromatic heterocycles. The lowest BCUT2D eigenvalue weighted by Crippen LogP contribution is -2.30. The van der Waals surface area contributed by atoms with Gasteiger partial charge in [0.15, 0.2) is 0 Å². The van der Waals surface area contributed by atoms with E-state index >= 15 is 0 Å². The van der Waals surface area contributed by atoms with Gasteiger partial charge < -0.3 is 14.6 Å². The van der Waals surface area contributed by atoms with E-state index in [0.717, 1.165) is 5.56 Å². The summed E-state index contributed by atoms with van der Waals surface area (Å²) in [6.07, 6.45) is 0. The number of para-hydroxylation sites is 1. The molecule has 0 radical (unpaired) electrons. The quantitative estimate of drug-likeness (QED) is 0.931. The van der Waals surface area contributed by atoms with Gasteiger partial charge in [0.2, 0.25) is 0 Å². The zero-order valence-corrected chi connectivity index (χ0v) is 13.0. The summed E-state index contributed by atoms with van der Waals surface area (Å²) in [4.78, 5) is 23.1. The Morgan fingerprint density at radius 2 is 1.95 bits per heavy atom. The molecule has 0 atom stereocenters. The van der Waals surface area contributed by atoms with Crippen LogP contribution in [0.1, 0.15) is 36.7 Å². The molecule has 6 nitrogen and oxygen atoms in total. The number of carboxylic acid groups (broad SMARTS) is 1. The first-order valence-electron chi connectivity index (χ1n) is 6.48. The third kappa shape index (κ3) is 3.12. The van der Waals surface area contributed by atoms with Crippen molar-refractivity contribution in [2.75, 3.05) is 0 Å². The lowest BCUT2D eigenvalue weighted by atomic mass is 9.86. The summed E-state index contributed by atoms with van der Waals surface area (Å²) in [5, 5.41) is 16.5. The van der Waals surface area contributed by atoms with Gasteiger partial charge in [0, 0.05) is 5.56 Å². The molecule has 0 amide bonds. The highest BCUT2D eigenvalue weighted by Crippen LogP contribution is 2.32. The van der Waals surface area contributed by atoms with Crippen molar-refractivity contribution in [3.05, 3.63) is 50.8 Å². The minimum absolute atomic E-state index is 0.229. The first-order valence-corrected chi connectivity index (χ1v) is 6.86. The standard InChI is InChI=1S/C15H15ClN2O4/c1-15(2,3)8-6-4-5-7-9(8)22-13-11(19)10(14(20)21)12(16)17-18-13/h4-7H,1-3H3,(H,17,19)(H,20,21)/p-1. The van der Waals surface area contributed by atoms with E-state index in [1.54, 1.807) is 12.1 Å². The van der Waals surface area contributed by atoms with Crippen LogP contribution >= 0.6 is 11.6 Å². The summed E-state index contributed by atoms with van der Waals surface area (Å²) >= 11 is 5.61. The number of nitrogens with one attached hydrogen (secondary N) is 1. The second-order valence-corrected chi connectivity index (χ2v) is 6.06. The zero-order chi connectivity index (χ0) is 16.5. The Morgan fingerprint density at radius 1 is 1.32 bits per heavy atom. The van der Waals surface area contributed by atoms with Crippen molar-refractivity contribution >= 4 is 17.6 Å². The summed E-state index contributed by atoms with van der Waals surface area (Å²) in [5.41, 5.74) is -1.03. The minimum Gasteiger partial charge on any atom is -0.545 e. The average Bonchev–Trinajstić information content (AvgIpc) is 2.41. The van der Waals surface area contributed by atoms with Crippen LogP contribution in [-0.4, -0.2) is 16.2 Å². The number of hydrogen-bond acceptors (Lipinski definition) is 5. The van der Waals surface area contributed by atoms with E-state index in [4.69, 9.17) is 16.3 Å². The van der Waals surface area contributed by atoms with Crippen LogP contribution in [0.4, 0.5) is 0 Å². The summed E-state index contributed by atoms with van der Waals surface area (Å²) < 4.78 is 5.51. The molecular formula is C15H14ClN2O4-. The third-order valence-electron chi connectivity index (χ3n) is 3.00. The number of nitrogens with zero attached hydrogens (tertiary/aromatic N) is 1. The SMILES string of the molecule is CC(C)(C)c1ccccc1Oc1n[nH]c(Cl)c(C(=O)[O-])c1=O. The van der Waals surface area contributed by atoms with E-state index in [-0.39, 0.29) is 5.41 Å². The lowest BCUT2D eigenvalue weighted by molar-refractivity contribution is -0.255. The lowest BCUT2D eigenvalue weighted by Gasteiger charge is -2.22. The molecule has 22 heavy (non-hydrogen) atoms. The second kappa shape index (κ2) is 5.81. The van der Waals surface area contributed by atoms with Crippen LogP contribution in [0.25, 0.3) is 0 Å². The smallest absolute Gasteiger partial charge is 0.285 e. The number of rotatable bonds is 3. The van der Waals surface area contributed by atoms with Gasteiger partial charge in [-0.15, -0.1) is 5.10 Å². The molecule has 0 spiro atoms. The molecule has 0 saturated carbocycles. The van der Waals surface area contributed by atoms with E-state index in [9.17, 15) is 14.7 Å². The van der Waals surface area contributed by atoms with Crippen molar-refractivity contribution < 1.29 is 14.6 Å². The maximum atomic E-state index is 12.1. The summed E-state index contributed by atoms with van der Waals surface area (Å²) in [7, 11) is 0. The van der Waals surface area contributed by atoms with Gasteiger partial charge in [-0.05, 0) is 11.5 Å². The normalized spacial score (nSPS) is 11.3. The summed E-state index contributed by atoms with van der Waals surface area (Å²) in [6, 6.07) is 7.13. The van der Waals surface area contributed by atoms with Gasteiger partial charge in [0.25, 0.3) is 11.3 Å². The Morgan fingerprint density at radius 3 is 2.55 bits per heavy atom. The number of carboxylic acids is 1. The van der Waals surface area contributed by atoms with Gasteiger partial charge in [0.05, 0.1) is 11.5 Å². The Bertz CT molecular complexity index is 778. The van der Waals surface area contributed by atoms with Crippen LogP contribution in [-0.2, 0) is 5.41 Å². The highest BCUT2D eigenvalue weighted by Gasteiger charge is 2.21. The molecule has 0 aliphatic rings. The molecule has 1 N–H and O–H groups in total. The van der Waals surface area contributed by atoms with Crippen LogP contribution in [0, 0.1) is 0 Å². The van der Waals surface area contributed by atoms with Gasteiger partial charge >= 0.3 is 0 Å². The summed E-state index contributed by atoms with van der Waals surface area (Å²) in [5.74, 6) is -1.68. The van der Waals surface area contributed by atoms with Crippen molar-refractivity contribution in [2.24, 2.45) is 0 Å². The van der Waals surface area contributed by atoms with Crippen molar-refractivity contribution in [1.29, 1.82) is 0 Å². The molecule has 1 heterocycles. The molecule has 1 aromatic carbocycles. The molecule has 0 unspecified atom stereocenters. The zero-order valence-electron chi connectivity index (χ0n) is 12.3. The van der Waals surface area contributed by atoms with Gasteiger partial charge in [-0.1, -0.05) is 50.6 Å². The van der Waals surface area contributed by atoms with Gasteiger partial charge in [0.1, 0.15) is 10.9 Å². The Labute approximate surface area is 131 Å². The monoisotopic (exact) mass is 321 g/mol. The Hall–Kier alpha value is -2.34. The third-order valence-corrected chi connectivity index (χ3v) is 3.28. The second-order valence-electron chi connectivity index (χ2n) is 5.68. The number of H-pyrrole nitrogens is 1. The van der Waals surface area contributed by atoms with Crippen LogP contribution < -0.4 is 15.3 Å². The van der Waals surface area contributed by atoms with Gasteiger partial charge in [-0.3, -0.25) is 9.89 Å². The van der Waals surface area contributed by atoms with E-state index in [0.29, 0.717) is 5.75 Å². The molecule has 2 aromatic rings. The highest BCUT2D eigenvalue weighted by molar-refractivity contribution is 6.32. The number of halogens is 1. The van der Waals surface area contributed by atoms with E-state index in [1.807, 2.05) is 32.9 Å². The van der Waals surface area contributed by atoms with Crippen LogP contribution in [0.15, 0.2) is 29.1 Å². The van der Waals surface area contributed by atoms with E-state index in [1.165, 1.54) is 0 Å². The molecule has 2 rings (SSSR count). The number of carbonyl (C=O) groups is 1. The number of aromatic amines is 1. The van der Waals surface area contributed by atoms with Crippen molar-refractivity contribution in [3.63, 3.8) is 0 Å². The summed E-state index contributed by atoms with van der Waals surface area (Å²) in [6.45, 7) is 5.96.